The minimum atomic E-state index is 0.321. The quantitative estimate of drug-likeness (QED) is 0.737. The van der Waals surface area contributed by atoms with E-state index in [9.17, 15) is 0 Å². The molecule has 1 aliphatic rings. The highest BCUT2D eigenvalue weighted by Crippen LogP contribution is 2.17. The van der Waals surface area contributed by atoms with E-state index in [2.05, 4.69) is 37.6 Å². The van der Waals surface area contributed by atoms with Gasteiger partial charge in [-0.2, -0.15) is 0 Å². The smallest absolute Gasteiger partial charge is 0.0223 e. The second kappa shape index (κ2) is 7.34. The van der Waals surface area contributed by atoms with E-state index in [0.717, 1.165) is 12.6 Å². The molecule has 3 heteroatoms. The Kier molecular flexibility index (Phi) is 6.45. The Morgan fingerprint density at radius 2 is 2.12 bits per heavy atom. The van der Waals surface area contributed by atoms with Crippen LogP contribution in [0.4, 0.5) is 0 Å². The summed E-state index contributed by atoms with van der Waals surface area (Å²) in [6, 6.07) is 1.08. The third-order valence-corrected chi connectivity index (χ3v) is 4.33. The summed E-state index contributed by atoms with van der Waals surface area (Å²) in [5, 5.41) is 0. The fraction of sp³-hybridized carbons (Fsp3) is 1.00. The van der Waals surface area contributed by atoms with Gasteiger partial charge in [-0.05, 0) is 38.9 Å². The maximum atomic E-state index is 6.21. The van der Waals surface area contributed by atoms with Gasteiger partial charge >= 0.3 is 0 Å². The minimum Gasteiger partial charge on any atom is -0.326 e. The summed E-state index contributed by atoms with van der Waals surface area (Å²) in [5.74, 6) is 0.628. The van der Waals surface area contributed by atoms with Gasteiger partial charge in [0.05, 0.1) is 0 Å². The molecule has 3 atom stereocenters. The number of hydrogen-bond donors (Lipinski definition) is 1. The average molecular weight is 241 g/mol. The third kappa shape index (κ3) is 4.57. The highest BCUT2D eigenvalue weighted by atomic mass is 15.2. The predicted molar refractivity (Wildman–Crippen MR) is 75.2 cm³/mol. The first kappa shape index (κ1) is 14.9. The van der Waals surface area contributed by atoms with Crippen LogP contribution in [0.3, 0.4) is 0 Å². The molecule has 102 valence electrons. The number of nitrogens with two attached hydrogens (primary N) is 1. The lowest BCUT2D eigenvalue weighted by Gasteiger charge is -2.30. The molecule has 0 spiro atoms. The Morgan fingerprint density at radius 3 is 2.71 bits per heavy atom. The summed E-state index contributed by atoms with van der Waals surface area (Å²) in [4.78, 5) is 5.03. The van der Waals surface area contributed by atoms with Gasteiger partial charge < -0.3 is 10.6 Å². The maximum Gasteiger partial charge on any atom is 0.0223 e. The molecule has 0 aromatic heterocycles. The van der Waals surface area contributed by atoms with Crippen molar-refractivity contribution in [2.24, 2.45) is 11.7 Å². The number of rotatable bonds is 7. The van der Waals surface area contributed by atoms with Crippen LogP contribution in [0.25, 0.3) is 0 Å². The van der Waals surface area contributed by atoms with E-state index in [-0.39, 0.29) is 0 Å². The van der Waals surface area contributed by atoms with Crippen LogP contribution in [0.5, 0.6) is 0 Å². The van der Waals surface area contributed by atoms with E-state index in [0.29, 0.717) is 12.0 Å². The van der Waals surface area contributed by atoms with Gasteiger partial charge in [0.15, 0.2) is 0 Å². The van der Waals surface area contributed by atoms with Crippen LogP contribution in [0, 0.1) is 5.92 Å². The van der Waals surface area contributed by atoms with E-state index in [1.807, 2.05) is 0 Å². The number of hydrogen-bond acceptors (Lipinski definition) is 3. The molecule has 0 aromatic carbocycles. The Labute approximate surface area is 107 Å². The van der Waals surface area contributed by atoms with E-state index in [1.165, 1.54) is 38.9 Å². The first-order chi connectivity index (χ1) is 8.08. The monoisotopic (exact) mass is 241 g/mol. The zero-order valence-electron chi connectivity index (χ0n) is 12.2. The second-order valence-electron chi connectivity index (χ2n) is 5.70. The maximum absolute atomic E-state index is 6.21. The van der Waals surface area contributed by atoms with E-state index in [1.54, 1.807) is 0 Å². The molecule has 0 amide bonds. The number of nitrogens with zero attached hydrogens (tertiary/aromatic N) is 2. The Bertz CT molecular complexity index is 208. The van der Waals surface area contributed by atoms with Crippen LogP contribution in [0.2, 0.25) is 0 Å². The van der Waals surface area contributed by atoms with Crippen molar-refractivity contribution in [3.8, 4) is 0 Å². The summed E-state index contributed by atoms with van der Waals surface area (Å²) in [6.45, 7) is 11.4. The highest BCUT2D eigenvalue weighted by molar-refractivity contribution is 4.82. The van der Waals surface area contributed by atoms with Crippen molar-refractivity contribution in [1.29, 1.82) is 0 Å². The molecule has 0 aromatic rings. The van der Waals surface area contributed by atoms with Crippen LogP contribution in [0.1, 0.15) is 40.0 Å². The average Bonchev–Trinajstić information content (AvgIpc) is 2.74. The van der Waals surface area contributed by atoms with Crippen molar-refractivity contribution < 1.29 is 0 Å². The minimum absolute atomic E-state index is 0.321. The zero-order chi connectivity index (χ0) is 12.8. The van der Waals surface area contributed by atoms with Crippen LogP contribution < -0.4 is 5.73 Å². The van der Waals surface area contributed by atoms with Crippen molar-refractivity contribution in [3.05, 3.63) is 0 Å². The molecule has 1 saturated heterocycles. The zero-order valence-corrected chi connectivity index (χ0v) is 12.2. The first-order valence-corrected chi connectivity index (χ1v) is 7.26. The second-order valence-corrected chi connectivity index (χ2v) is 5.70. The molecule has 1 rings (SSSR count). The Morgan fingerprint density at radius 1 is 1.41 bits per heavy atom. The van der Waals surface area contributed by atoms with Crippen LogP contribution in [-0.2, 0) is 0 Å². The fourth-order valence-corrected chi connectivity index (χ4v) is 2.80. The van der Waals surface area contributed by atoms with Gasteiger partial charge in [-0.25, -0.2) is 0 Å². The lowest BCUT2D eigenvalue weighted by molar-refractivity contribution is 0.185. The van der Waals surface area contributed by atoms with Gasteiger partial charge in [0.1, 0.15) is 0 Å². The lowest BCUT2D eigenvalue weighted by atomic mass is 9.99. The summed E-state index contributed by atoms with van der Waals surface area (Å²) in [6.07, 6.45) is 3.90. The molecule has 1 heterocycles. The van der Waals surface area contributed by atoms with Gasteiger partial charge in [0.25, 0.3) is 0 Å². The van der Waals surface area contributed by atoms with Crippen molar-refractivity contribution in [3.63, 3.8) is 0 Å². The van der Waals surface area contributed by atoms with Crippen molar-refractivity contribution in [1.82, 2.24) is 9.80 Å². The van der Waals surface area contributed by atoms with Crippen molar-refractivity contribution >= 4 is 0 Å². The Balaban J connectivity index is 2.31. The Hall–Kier alpha value is -0.120. The van der Waals surface area contributed by atoms with E-state index >= 15 is 0 Å². The summed E-state index contributed by atoms with van der Waals surface area (Å²) < 4.78 is 0. The van der Waals surface area contributed by atoms with Crippen LogP contribution in [0.15, 0.2) is 0 Å². The SMILES string of the molecule is CCC(C)C(N)CN(C)CC1CCCN1CC. The van der Waals surface area contributed by atoms with E-state index in [4.69, 9.17) is 5.73 Å². The van der Waals surface area contributed by atoms with Gasteiger partial charge in [-0.15, -0.1) is 0 Å². The van der Waals surface area contributed by atoms with Crippen molar-refractivity contribution in [2.75, 3.05) is 33.2 Å². The highest BCUT2D eigenvalue weighted by Gasteiger charge is 2.24. The van der Waals surface area contributed by atoms with E-state index < -0.39 is 0 Å². The first-order valence-electron chi connectivity index (χ1n) is 7.26. The summed E-state index contributed by atoms with van der Waals surface area (Å²) in [7, 11) is 2.22. The normalized spacial score (nSPS) is 25.4. The molecular weight excluding hydrogens is 210 g/mol. The largest absolute Gasteiger partial charge is 0.326 e. The van der Waals surface area contributed by atoms with Crippen molar-refractivity contribution in [2.45, 2.75) is 52.1 Å². The molecule has 1 aliphatic heterocycles. The summed E-state index contributed by atoms with van der Waals surface area (Å²) >= 11 is 0. The van der Waals surface area contributed by atoms with Gasteiger partial charge in [0, 0.05) is 25.2 Å². The van der Waals surface area contributed by atoms with Crippen LogP contribution >= 0.6 is 0 Å². The fourth-order valence-electron chi connectivity index (χ4n) is 2.80. The predicted octanol–water partition coefficient (Wildman–Crippen LogP) is 1.78. The lowest BCUT2D eigenvalue weighted by Crippen LogP contribution is -2.45. The standard InChI is InChI=1S/C14H31N3/c1-5-12(3)14(15)11-16(4)10-13-8-7-9-17(13)6-2/h12-14H,5-11,15H2,1-4H3. The molecular formula is C14H31N3. The molecule has 0 bridgehead atoms. The molecule has 1 fully saturated rings. The van der Waals surface area contributed by atoms with Crippen LogP contribution in [-0.4, -0.2) is 55.1 Å². The molecule has 17 heavy (non-hydrogen) atoms. The van der Waals surface area contributed by atoms with Gasteiger partial charge in [-0.1, -0.05) is 27.2 Å². The summed E-state index contributed by atoms with van der Waals surface area (Å²) in [5.41, 5.74) is 6.21. The molecule has 0 aliphatic carbocycles. The number of likely N-dealkylation sites (N-methyl/N-ethyl adjacent to an activating group) is 2. The molecule has 0 saturated carbocycles. The third-order valence-electron chi connectivity index (χ3n) is 4.33. The van der Waals surface area contributed by atoms with Gasteiger partial charge in [-0.3, -0.25) is 4.90 Å². The molecule has 3 unspecified atom stereocenters. The molecule has 0 radical (unpaired) electrons. The molecule has 2 N–H and O–H groups in total. The van der Waals surface area contributed by atoms with Gasteiger partial charge in [0.2, 0.25) is 0 Å². The molecule has 3 nitrogen and oxygen atoms in total. The number of likely N-dealkylation sites (tertiary alicyclic amines) is 1. The topological polar surface area (TPSA) is 32.5 Å².